The van der Waals surface area contributed by atoms with Crippen LogP contribution in [0.15, 0.2) is 59.1 Å². The molecule has 0 saturated heterocycles. The zero-order chi connectivity index (χ0) is 17.8. The van der Waals surface area contributed by atoms with Gasteiger partial charge in [0.25, 0.3) is 0 Å². The minimum Gasteiger partial charge on any atom is -0.339 e. The molecule has 3 nitrogen and oxygen atoms in total. The minimum absolute atomic E-state index is 0.261. The number of rotatable bonds is 5. The van der Waals surface area contributed by atoms with Gasteiger partial charge in [-0.25, -0.2) is 0 Å². The molecule has 0 amide bonds. The highest BCUT2D eigenvalue weighted by molar-refractivity contribution is 5.55. The van der Waals surface area contributed by atoms with E-state index in [1.807, 2.05) is 12.1 Å². The first kappa shape index (κ1) is 17.0. The van der Waals surface area contributed by atoms with Crippen molar-refractivity contribution in [3.8, 4) is 11.4 Å². The Labute approximate surface area is 155 Å². The molecule has 1 saturated carbocycles. The van der Waals surface area contributed by atoms with Crippen molar-refractivity contribution >= 4 is 0 Å². The fourth-order valence-electron chi connectivity index (χ4n) is 4.31. The second-order valence-corrected chi connectivity index (χ2v) is 7.59. The van der Waals surface area contributed by atoms with E-state index in [0.717, 1.165) is 24.3 Å². The molecule has 0 spiro atoms. The van der Waals surface area contributed by atoms with Crippen molar-refractivity contribution in [2.75, 3.05) is 0 Å². The highest BCUT2D eigenvalue weighted by Gasteiger charge is 2.33. The van der Waals surface area contributed by atoms with Crippen LogP contribution in [0.2, 0.25) is 0 Å². The predicted octanol–water partition coefficient (Wildman–Crippen LogP) is 5.88. The molecule has 1 fully saturated rings. The summed E-state index contributed by atoms with van der Waals surface area (Å²) in [6.07, 6.45) is 8.42. The molecule has 26 heavy (non-hydrogen) atoms. The summed E-state index contributed by atoms with van der Waals surface area (Å²) in [5.41, 5.74) is 3.96. The monoisotopic (exact) mass is 346 g/mol. The zero-order valence-electron chi connectivity index (χ0n) is 15.4. The van der Waals surface area contributed by atoms with Gasteiger partial charge in [0.2, 0.25) is 11.7 Å². The van der Waals surface area contributed by atoms with Gasteiger partial charge in [0, 0.05) is 12.0 Å². The number of aromatic nitrogens is 2. The second-order valence-electron chi connectivity index (χ2n) is 7.59. The fraction of sp³-hybridized carbons (Fsp3) is 0.391. The molecule has 0 radical (unpaired) electrons. The molecule has 3 aromatic rings. The third kappa shape index (κ3) is 3.57. The quantitative estimate of drug-likeness (QED) is 0.579. The lowest BCUT2D eigenvalue weighted by Crippen LogP contribution is -2.29. The van der Waals surface area contributed by atoms with E-state index in [0.29, 0.717) is 5.82 Å². The van der Waals surface area contributed by atoms with Crippen LogP contribution < -0.4 is 0 Å². The van der Waals surface area contributed by atoms with Crippen LogP contribution in [0.5, 0.6) is 0 Å². The smallest absolute Gasteiger partial charge is 0.226 e. The lowest BCUT2D eigenvalue weighted by atomic mass is 9.67. The first-order valence-corrected chi connectivity index (χ1v) is 9.70. The Morgan fingerprint density at radius 2 is 1.77 bits per heavy atom. The van der Waals surface area contributed by atoms with Crippen molar-refractivity contribution in [1.29, 1.82) is 0 Å². The SMILES string of the molecule is Cc1cccc(-c2noc(CCC3(c4ccccc4)CCCCC3)n2)c1. The summed E-state index contributed by atoms with van der Waals surface area (Å²) in [5.74, 6) is 1.45. The van der Waals surface area contributed by atoms with Crippen LogP contribution in [0.1, 0.15) is 55.5 Å². The van der Waals surface area contributed by atoms with Crippen LogP contribution in [-0.2, 0) is 11.8 Å². The van der Waals surface area contributed by atoms with Gasteiger partial charge >= 0.3 is 0 Å². The van der Waals surface area contributed by atoms with Gasteiger partial charge in [-0.15, -0.1) is 0 Å². The molecule has 0 N–H and O–H groups in total. The Morgan fingerprint density at radius 1 is 0.962 bits per heavy atom. The molecule has 134 valence electrons. The molecule has 0 unspecified atom stereocenters. The average molecular weight is 346 g/mol. The molecule has 0 bridgehead atoms. The second kappa shape index (κ2) is 7.45. The number of nitrogens with zero attached hydrogens (tertiary/aromatic N) is 2. The standard InChI is InChI=1S/C23H26N2O/c1-18-9-8-10-19(17-18)22-24-21(26-25-22)13-16-23(14-6-3-7-15-23)20-11-4-2-5-12-20/h2,4-5,8-12,17H,3,6-7,13-16H2,1H3. The topological polar surface area (TPSA) is 38.9 Å². The Balaban J connectivity index is 1.52. The average Bonchev–Trinajstić information content (AvgIpc) is 3.17. The van der Waals surface area contributed by atoms with E-state index in [1.54, 1.807) is 0 Å². The molecule has 4 rings (SSSR count). The van der Waals surface area contributed by atoms with Crippen LogP contribution in [-0.4, -0.2) is 10.1 Å². The molecular weight excluding hydrogens is 320 g/mol. The maximum atomic E-state index is 5.57. The fourth-order valence-corrected chi connectivity index (χ4v) is 4.31. The zero-order valence-corrected chi connectivity index (χ0v) is 15.4. The van der Waals surface area contributed by atoms with E-state index >= 15 is 0 Å². The van der Waals surface area contributed by atoms with Crippen LogP contribution in [0, 0.1) is 6.92 Å². The molecule has 1 aliphatic rings. The first-order valence-electron chi connectivity index (χ1n) is 9.70. The van der Waals surface area contributed by atoms with Gasteiger partial charge in [0.15, 0.2) is 0 Å². The van der Waals surface area contributed by atoms with E-state index in [4.69, 9.17) is 4.52 Å². The van der Waals surface area contributed by atoms with Gasteiger partial charge in [-0.05, 0) is 43.2 Å². The van der Waals surface area contributed by atoms with Gasteiger partial charge in [-0.3, -0.25) is 0 Å². The van der Waals surface area contributed by atoms with Crippen LogP contribution in [0.3, 0.4) is 0 Å². The van der Waals surface area contributed by atoms with E-state index in [9.17, 15) is 0 Å². The van der Waals surface area contributed by atoms with Crippen LogP contribution in [0.4, 0.5) is 0 Å². The van der Waals surface area contributed by atoms with Gasteiger partial charge in [-0.2, -0.15) is 4.98 Å². The maximum absolute atomic E-state index is 5.57. The summed E-state index contributed by atoms with van der Waals surface area (Å²) in [7, 11) is 0. The van der Waals surface area contributed by atoms with Crippen molar-refractivity contribution in [2.24, 2.45) is 0 Å². The number of hydrogen-bond acceptors (Lipinski definition) is 3. The lowest BCUT2D eigenvalue weighted by molar-refractivity contribution is 0.261. The molecule has 1 aliphatic carbocycles. The van der Waals surface area contributed by atoms with Crippen molar-refractivity contribution in [2.45, 2.75) is 57.3 Å². The number of benzene rings is 2. The molecule has 2 aromatic carbocycles. The highest BCUT2D eigenvalue weighted by atomic mass is 16.5. The van der Waals surface area contributed by atoms with E-state index < -0.39 is 0 Å². The van der Waals surface area contributed by atoms with E-state index in [-0.39, 0.29) is 5.41 Å². The molecule has 3 heteroatoms. The summed E-state index contributed by atoms with van der Waals surface area (Å²) in [6, 6.07) is 19.3. The summed E-state index contributed by atoms with van der Waals surface area (Å²) in [5, 5.41) is 4.20. The summed E-state index contributed by atoms with van der Waals surface area (Å²) < 4.78 is 5.57. The Morgan fingerprint density at radius 3 is 2.54 bits per heavy atom. The van der Waals surface area contributed by atoms with Crippen molar-refractivity contribution in [3.63, 3.8) is 0 Å². The summed E-state index contributed by atoms with van der Waals surface area (Å²) in [6.45, 7) is 2.08. The summed E-state index contributed by atoms with van der Waals surface area (Å²) in [4.78, 5) is 4.65. The van der Waals surface area contributed by atoms with E-state index in [2.05, 4.69) is 59.5 Å². The first-order chi connectivity index (χ1) is 12.8. The highest BCUT2D eigenvalue weighted by Crippen LogP contribution is 2.42. The maximum Gasteiger partial charge on any atom is 0.226 e. The molecular formula is C23H26N2O. The van der Waals surface area contributed by atoms with Gasteiger partial charge in [-0.1, -0.05) is 78.5 Å². The Kier molecular flexibility index (Phi) is 4.87. The third-order valence-corrected chi connectivity index (χ3v) is 5.76. The van der Waals surface area contributed by atoms with Gasteiger partial charge in [0.1, 0.15) is 0 Å². The van der Waals surface area contributed by atoms with Gasteiger partial charge in [0.05, 0.1) is 0 Å². The number of hydrogen-bond donors (Lipinski definition) is 0. The molecule has 1 heterocycles. The number of aryl methyl sites for hydroxylation is 2. The van der Waals surface area contributed by atoms with Crippen molar-refractivity contribution < 1.29 is 4.52 Å². The molecule has 0 atom stereocenters. The van der Waals surface area contributed by atoms with Crippen molar-refractivity contribution in [3.05, 3.63) is 71.6 Å². The normalized spacial score (nSPS) is 16.5. The Bertz CT molecular complexity index is 847. The van der Waals surface area contributed by atoms with Crippen LogP contribution in [0.25, 0.3) is 11.4 Å². The summed E-state index contributed by atoms with van der Waals surface area (Å²) >= 11 is 0. The van der Waals surface area contributed by atoms with Crippen LogP contribution >= 0.6 is 0 Å². The lowest BCUT2D eigenvalue weighted by Gasteiger charge is -2.38. The minimum atomic E-state index is 0.261. The molecule has 1 aromatic heterocycles. The van der Waals surface area contributed by atoms with Crippen molar-refractivity contribution in [1.82, 2.24) is 10.1 Å². The van der Waals surface area contributed by atoms with Gasteiger partial charge < -0.3 is 4.52 Å². The third-order valence-electron chi connectivity index (χ3n) is 5.76. The predicted molar refractivity (Wildman–Crippen MR) is 104 cm³/mol. The largest absolute Gasteiger partial charge is 0.339 e. The Hall–Kier alpha value is -2.42. The molecule has 0 aliphatic heterocycles. The van der Waals surface area contributed by atoms with E-state index in [1.165, 1.54) is 43.2 Å².